The molecule has 2 aromatic heterocycles. The summed E-state index contributed by atoms with van der Waals surface area (Å²) in [5, 5.41) is 2.91. The van der Waals surface area contributed by atoms with E-state index in [0.29, 0.717) is 12.2 Å². The van der Waals surface area contributed by atoms with Crippen LogP contribution in [0.4, 0.5) is 0 Å². The molecule has 0 aromatic carbocycles. The Kier molecular flexibility index (Phi) is 3.69. The van der Waals surface area contributed by atoms with Gasteiger partial charge in [0.2, 0.25) is 0 Å². The summed E-state index contributed by atoms with van der Waals surface area (Å²) >= 11 is 5.06. The molecule has 2 aromatic rings. The van der Waals surface area contributed by atoms with Gasteiger partial charge in [0.05, 0.1) is 6.54 Å². The van der Waals surface area contributed by atoms with Gasteiger partial charge in [-0.05, 0) is 41.1 Å². The summed E-state index contributed by atoms with van der Waals surface area (Å²) in [5.74, 6) is -0.0516. The van der Waals surface area contributed by atoms with Gasteiger partial charge in [-0.1, -0.05) is 0 Å². The monoisotopic (exact) mass is 312 g/mol. The fourth-order valence-corrected chi connectivity index (χ4v) is 2.94. The molecule has 0 unspecified atom stereocenters. The first-order valence-corrected chi connectivity index (χ1v) is 6.82. The van der Waals surface area contributed by atoms with E-state index in [0.717, 1.165) is 4.47 Å². The van der Waals surface area contributed by atoms with Gasteiger partial charge >= 0.3 is 0 Å². The zero-order valence-corrected chi connectivity index (χ0v) is 12.1. The van der Waals surface area contributed by atoms with Gasteiger partial charge < -0.3 is 9.88 Å². The van der Waals surface area contributed by atoms with Gasteiger partial charge in [-0.15, -0.1) is 11.3 Å². The van der Waals surface area contributed by atoms with Crippen molar-refractivity contribution in [2.45, 2.75) is 13.5 Å². The summed E-state index contributed by atoms with van der Waals surface area (Å²) in [6.45, 7) is 2.64. The zero-order chi connectivity index (χ0) is 12.4. The van der Waals surface area contributed by atoms with E-state index in [1.165, 1.54) is 9.75 Å². The Labute approximate surface area is 113 Å². The number of aromatic nitrogens is 1. The predicted octanol–water partition coefficient (Wildman–Crippen LogP) is 3.09. The highest BCUT2D eigenvalue weighted by molar-refractivity contribution is 9.10. The van der Waals surface area contributed by atoms with Crippen molar-refractivity contribution in [3.63, 3.8) is 0 Å². The number of carbonyl (C=O) groups is 1. The van der Waals surface area contributed by atoms with Gasteiger partial charge in [0.1, 0.15) is 5.69 Å². The van der Waals surface area contributed by atoms with Crippen LogP contribution >= 0.6 is 27.3 Å². The second-order valence-electron chi connectivity index (χ2n) is 3.85. The lowest BCUT2D eigenvalue weighted by Crippen LogP contribution is -2.24. The number of hydrogen-bond acceptors (Lipinski definition) is 2. The molecule has 90 valence electrons. The molecule has 0 saturated carbocycles. The number of aryl methyl sites for hydroxylation is 2. The molecule has 0 saturated heterocycles. The van der Waals surface area contributed by atoms with Crippen LogP contribution < -0.4 is 5.32 Å². The van der Waals surface area contributed by atoms with E-state index in [1.54, 1.807) is 15.9 Å². The minimum atomic E-state index is -0.0516. The molecule has 0 bridgehead atoms. The third kappa shape index (κ3) is 2.98. The summed E-state index contributed by atoms with van der Waals surface area (Å²) in [4.78, 5) is 14.3. The smallest absolute Gasteiger partial charge is 0.268 e. The molecular weight excluding hydrogens is 300 g/mol. The molecule has 5 heteroatoms. The summed E-state index contributed by atoms with van der Waals surface area (Å²) in [5.41, 5.74) is 0.658. The molecule has 3 nitrogen and oxygen atoms in total. The Balaban J connectivity index is 2.00. The van der Waals surface area contributed by atoms with Crippen LogP contribution in [0, 0.1) is 6.92 Å². The maximum atomic E-state index is 11.9. The Morgan fingerprint density at radius 2 is 2.29 bits per heavy atom. The quantitative estimate of drug-likeness (QED) is 0.928. The van der Waals surface area contributed by atoms with Gasteiger partial charge in [0.25, 0.3) is 5.91 Å². The number of carbonyl (C=O) groups excluding carboxylic acids is 1. The van der Waals surface area contributed by atoms with Crippen LogP contribution in [0.3, 0.4) is 0 Å². The molecule has 0 aliphatic carbocycles. The number of rotatable bonds is 3. The average molecular weight is 313 g/mol. The lowest BCUT2D eigenvalue weighted by atomic mass is 10.4. The number of nitrogens with one attached hydrogen (secondary N) is 1. The van der Waals surface area contributed by atoms with Gasteiger partial charge in [-0.25, -0.2) is 0 Å². The van der Waals surface area contributed by atoms with Gasteiger partial charge in [-0.2, -0.15) is 0 Å². The third-order valence-corrected chi connectivity index (χ3v) is 3.86. The third-order valence-electron chi connectivity index (χ3n) is 2.42. The molecule has 0 aliphatic heterocycles. The van der Waals surface area contributed by atoms with Crippen LogP contribution in [-0.4, -0.2) is 10.5 Å². The number of halogens is 1. The topological polar surface area (TPSA) is 34.0 Å². The van der Waals surface area contributed by atoms with Crippen LogP contribution in [-0.2, 0) is 13.6 Å². The molecule has 0 radical (unpaired) electrons. The first-order chi connectivity index (χ1) is 8.06. The summed E-state index contributed by atoms with van der Waals surface area (Å²) in [6.07, 6.45) is 1.87. The molecular formula is C12H13BrN2OS. The van der Waals surface area contributed by atoms with Crippen molar-refractivity contribution >= 4 is 33.2 Å². The molecule has 17 heavy (non-hydrogen) atoms. The van der Waals surface area contributed by atoms with E-state index in [4.69, 9.17) is 0 Å². The predicted molar refractivity (Wildman–Crippen MR) is 73.3 cm³/mol. The van der Waals surface area contributed by atoms with E-state index in [1.807, 2.05) is 25.4 Å². The van der Waals surface area contributed by atoms with Gasteiger partial charge in [-0.3, -0.25) is 4.79 Å². The van der Waals surface area contributed by atoms with Crippen molar-refractivity contribution in [1.82, 2.24) is 9.88 Å². The highest BCUT2D eigenvalue weighted by atomic mass is 79.9. The molecule has 2 rings (SSSR count). The first kappa shape index (κ1) is 12.4. The normalized spacial score (nSPS) is 10.5. The highest BCUT2D eigenvalue weighted by Crippen LogP contribution is 2.16. The summed E-state index contributed by atoms with van der Waals surface area (Å²) in [7, 11) is 1.86. The molecule has 0 spiro atoms. The Bertz CT molecular complexity index is 544. The molecule has 1 amide bonds. The zero-order valence-electron chi connectivity index (χ0n) is 9.66. The van der Waals surface area contributed by atoms with Crippen LogP contribution in [0.25, 0.3) is 0 Å². The SMILES string of the molecule is Cc1ccc(CNC(=O)c2cc(Br)cn2C)s1. The number of hydrogen-bond donors (Lipinski definition) is 1. The number of nitrogens with zero attached hydrogens (tertiary/aromatic N) is 1. The largest absolute Gasteiger partial charge is 0.346 e. The van der Waals surface area contributed by atoms with Crippen molar-refractivity contribution in [3.8, 4) is 0 Å². The summed E-state index contributed by atoms with van der Waals surface area (Å²) in [6, 6.07) is 5.92. The van der Waals surface area contributed by atoms with Crippen LogP contribution in [0.1, 0.15) is 20.2 Å². The van der Waals surface area contributed by atoms with E-state index in [9.17, 15) is 4.79 Å². The molecule has 0 fully saturated rings. The van der Waals surface area contributed by atoms with E-state index >= 15 is 0 Å². The molecule has 0 atom stereocenters. The van der Waals surface area contributed by atoms with E-state index in [-0.39, 0.29) is 5.91 Å². The van der Waals surface area contributed by atoms with Crippen LogP contribution in [0.5, 0.6) is 0 Å². The van der Waals surface area contributed by atoms with Crippen LogP contribution in [0.15, 0.2) is 28.9 Å². The maximum Gasteiger partial charge on any atom is 0.268 e. The van der Waals surface area contributed by atoms with Crippen molar-refractivity contribution in [2.75, 3.05) is 0 Å². The average Bonchev–Trinajstić information content (AvgIpc) is 2.81. The van der Waals surface area contributed by atoms with Crippen molar-refractivity contribution < 1.29 is 4.79 Å². The first-order valence-electron chi connectivity index (χ1n) is 5.21. The highest BCUT2D eigenvalue weighted by Gasteiger charge is 2.10. The summed E-state index contributed by atoms with van der Waals surface area (Å²) < 4.78 is 2.72. The standard InChI is InChI=1S/C12H13BrN2OS/c1-8-3-4-10(17-8)6-14-12(16)11-5-9(13)7-15(11)2/h3-5,7H,6H2,1-2H3,(H,14,16). The Morgan fingerprint density at radius 3 is 2.82 bits per heavy atom. The van der Waals surface area contributed by atoms with Crippen molar-refractivity contribution in [1.29, 1.82) is 0 Å². The van der Waals surface area contributed by atoms with E-state index < -0.39 is 0 Å². The van der Waals surface area contributed by atoms with Gasteiger partial charge in [0, 0.05) is 27.5 Å². The minimum Gasteiger partial charge on any atom is -0.346 e. The second-order valence-corrected chi connectivity index (χ2v) is 6.14. The lowest BCUT2D eigenvalue weighted by Gasteiger charge is -2.04. The molecule has 2 heterocycles. The van der Waals surface area contributed by atoms with Gasteiger partial charge in [0.15, 0.2) is 0 Å². The minimum absolute atomic E-state index is 0.0516. The Morgan fingerprint density at radius 1 is 1.53 bits per heavy atom. The number of amides is 1. The van der Waals surface area contributed by atoms with E-state index in [2.05, 4.69) is 34.2 Å². The molecule has 0 aliphatic rings. The maximum absolute atomic E-state index is 11.9. The second kappa shape index (κ2) is 5.06. The fourth-order valence-electron chi connectivity index (χ4n) is 1.59. The number of thiophene rings is 1. The van der Waals surface area contributed by atoms with Crippen molar-refractivity contribution in [3.05, 3.63) is 44.3 Å². The van der Waals surface area contributed by atoms with Crippen LogP contribution in [0.2, 0.25) is 0 Å². The Hall–Kier alpha value is -1.07. The molecule has 1 N–H and O–H groups in total. The fraction of sp³-hybridized carbons (Fsp3) is 0.250. The van der Waals surface area contributed by atoms with Crippen molar-refractivity contribution in [2.24, 2.45) is 7.05 Å². The lowest BCUT2D eigenvalue weighted by molar-refractivity contribution is 0.0943.